The quantitative estimate of drug-likeness (QED) is 0.631. The highest BCUT2D eigenvalue weighted by Gasteiger charge is 2.48. The van der Waals surface area contributed by atoms with Crippen molar-refractivity contribution in [2.24, 2.45) is 0 Å². The topological polar surface area (TPSA) is 95.5 Å². The summed E-state index contributed by atoms with van der Waals surface area (Å²) < 4.78 is 27.2. The average molecular weight is 319 g/mol. The Kier molecular flexibility index (Phi) is 5.76. The predicted octanol–water partition coefficient (Wildman–Crippen LogP) is -0.609. The Labute approximate surface area is 130 Å². The molecule has 22 heavy (non-hydrogen) atoms. The van der Waals surface area contributed by atoms with Crippen molar-refractivity contribution < 1.29 is 33.6 Å². The summed E-state index contributed by atoms with van der Waals surface area (Å²) in [5.74, 6) is -0.952. The van der Waals surface area contributed by atoms with E-state index in [1.54, 1.807) is 13.8 Å². The molecule has 0 aromatic heterocycles. The first-order valence-electron chi connectivity index (χ1n) is 7.33. The molecule has 0 spiro atoms. The molecule has 0 aromatic rings. The summed E-state index contributed by atoms with van der Waals surface area (Å²) in [6.45, 7) is 5.62. The third-order valence-electron chi connectivity index (χ3n) is 3.73. The van der Waals surface area contributed by atoms with Crippen molar-refractivity contribution in [2.75, 3.05) is 27.1 Å². The van der Waals surface area contributed by atoms with Crippen LogP contribution in [0.1, 0.15) is 20.8 Å². The van der Waals surface area contributed by atoms with Gasteiger partial charge in [-0.2, -0.15) is 0 Å². The van der Waals surface area contributed by atoms with Gasteiger partial charge in [0.05, 0.1) is 19.3 Å². The fraction of sp³-hybridized carbons (Fsp3) is 0.929. The molecule has 2 aliphatic heterocycles. The summed E-state index contributed by atoms with van der Waals surface area (Å²) >= 11 is 0. The molecule has 0 aromatic carbocycles. The number of aliphatic hydroxyl groups is 1. The highest BCUT2D eigenvalue weighted by molar-refractivity contribution is 5.73. The number of hydrogen-bond acceptors (Lipinski definition) is 7. The molecule has 0 radical (unpaired) electrons. The van der Waals surface area contributed by atoms with Crippen molar-refractivity contribution in [3.63, 3.8) is 0 Å². The third kappa shape index (κ3) is 4.15. The van der Waals surface area contributed by atoms with E-state index < -0.39 is 36.2 Å². The second-order valence-electron chi connectivity index (χ2n) is 5.99. The van der Waals surface area contributed by atoms with Crippen LogP contribution in [0.2, 0.25) is 0 Å². The van der Waals surface area contributed by atoms with Crippen molar-refractivity contribution in [1.29, 1.82) is 0 Å². The van der Waals surface area contributed by atoms with Crippen LogP contribution in [0.15, 0.2) is 0 Å². The van der Waals surface area contributed by atoms with Gasteiger partial charge in [-0.05, 0) is 13.8 Å². The Hall–Kier alpha value is -0.770. The molecule has 2 rings (SSSR count). The van der Waals surface area contributed by atoms with E-state index in [2.05, 4.69) is 5.32 Å². The largest absolute Gasteiger partial charge is 0.388 e. The Bertz CT molecular complexity index is 389. The maximum atomic E-state index is 11.5. The normalized spacial score (nSPS) is 35.5. The van der Waals surface area contributed by atoms with E-state index >= 15 is 0 Å². The minimum absolute atomic E-state index is 0.0681. The summed E-state index contributed by atoms with van der Waals surface area (Å²) in [4.78, 5) is 11.5. The van der Waals surface area contributed by atoms with E-state index in [0.29, 0.717) is 6.61 Å². The maximum Gasteiger partial charge on any atom is 0.217 e. The summed E-state index contributed by atoms with van der Waals surface area (Å²) in [7, 11) is 1.51. The van der Waals surface area contributed by atoms with Gasteiger partial charge in [0.25, 0.3) is 0 Å². The molecule has 128 valence electrons. The van der Waals surface area contributed by atoms with Crippen LogP contribution in [-0.2, 0) is 28.5 Å². The zero-order chi connectivity index (χ0) is 16.3. The van der Waals surface area contributed by atoms with Gasteiger partial charge in [-0.3, -0.25) is 4.79 Å². The number of amides is 1. The first-order chi connectivity index (χ1) is 10.3. The molecule has 5 atom stereocenters. The molecule has 8 heteroatoms. The average Bonchev–Trinajstić information content (AvgIpc) is 2.97. The van der Waals surface area contributed by atoms with Crippen molar-refractivity contribution in [2.45, 2.75) is 57.0 Å². The van der Waals surface area contributed by atoms with Gasteiger partial charge in [0, 0.05) is 14.0 Å². The Morgan fingerprint density at radius 3 is 2.73 bits per heavy atom. The molecule has 2 N–H and O–H groups in total. The lowest BCUT2D eigenvalue weighted by Crippen LogP contribution is -2.55. The lowest BCUT2D eigenvalue weighted by Gasteiger charge is -2.31. The van der Waals surface area contributed by atoms with E-state index in [-0.39, 0.29) is 19.3 Å². The molecular formula is C14H25NO7. The second-order valence-corrected chi connectivity index (χ2v) is 5.99. The molecule has 8 nitrogen and oxygen atoms in total. The van der Waals surface area contributed by atoms with Crippen LogP contribution in [0.4, 0.5) is 0 Å². The van der Waals surface area contributed by atoms with E-state index in [1.165, 1.54) is 14.0 Å². The maximum absolute atomic E-state index is 11.5. The van der Waals surface area contributed by atoms with Gasteiger partial charge in [0.15, 0.2) is 5.79 Å². The standard InChI is InChI=1S/C14H25NO7/c1-8(16)15-11(9-6-21-14(2,3)22-9)13-12(17)10(5-19-13)20-7-18-4/h9-13,17H,5-7H2,1-4H3,(H,15,16)/t9?,10-,11+,12-,13-/m1/s1. The molecule has 2 aliphatic rings. The van der Waals surface area contributed by atoms with E-state index in [4.69, 9.17) is 23.7 Å². The lowest BCUT2D eigenvalue weighted by atomic mass is 9.99. The first kappa shape index (κ1) is 17.6. The van der Waals surface area contributed by atoms with Crippen LogP contribution in [0.25, 0.3) is 0 Å². The number of carbonyl (C=O) groups excluding carboxylic acids is 1. The summed E-state index contributed by atoms with van der Waals surface area (Å²) in [6.07, 6.45) is -2.43. The van der Waals surface area contributed by atoms with Gasteiger partial charge in [-0.25, -0.2) is 0 Å². The molecule has 1 unspecified atom stereocenters. The van der Waals surface area contributed by atoms with Crippen molar-refractivity contribution in [3.8, 4) is 0 Å². The third-order valence-corrected chi connectivity index (χ3v) is 3.73. The molecule has 2 heterocycles. The SMILES string of the molecule is COCO[C@@H]1CO[C@H]([C@@H](NC(C)=O)C2COC(C)(C)O2)[C@@H]1O. The highest BCUT2D eigenvalue weighted by Crippen LogP contribution is 2.29. The van der Waals surface area contributed by atoms with Gasteiger partial charge < -0.3 is 34.1 Å². The number of methoxy groups -OCH3 is 1. The van der Waals surface area contributed by atoms with Crippen molar-refractivity contribution >= 4 is 5.91 Å². The van der Waals surface area contributed by atoms with E-state index in [1.807, 2.05) is 0 Å². The Morgan fingerprint density at radius 2 is 2.18 bits per heavy atom. The van der Waals surface area contributed by atoms with Crippen molar-refractivity contribution in [3.05, 3.63) is 0 Å². The molecule has 1 amide bonds. The summed E-state index contributed by atoms with van der Waals surface area (Å²) in [5, 5.41) is 13.2. The first-order valence-corrected chi connectivity index (χ1v) is 7.33. The molecule has 2 fully saturated rings. The van der Waals surface area contributed by atoms with Crippen molar-refractivity contribution in [1.82, 2.24) is 5.32 Å². The molecule has 0 aliphatic carbocycles. The number of hydrogen-bond donors (Lipinski definition) is 2. The second kappa shape index (κ2) is 7.20. The molecular weight excluding hydrogens is 294 g/mol. The Balaban J connectivity index is 2.04. The van der Waals surface area contributed by atoms with Crippen LogP contribution in [-0.4, -0.2) is 74.4 Å². The van der Waals surface area contributed by atoms with Gasteiger partial charge in [0.1, 0.15) is 31.2 Å². The zero-order valence-electron chi connectivity index (χ0n) is 13.4. The number of carbonyl (C=O) groups is 1. The Morgan fingerprint density at radius 1 is 1.45 bits per heavy atom. The van der Waals surface area contributed by atoms with Gasteiger partial charge in [-0.1, -0.05) is 0 Å². The van der Waals surface area contributed by atoms with Crippen LogP contribution in [0.5, 0.6) is 0 Å². The number of nitrogens with one attached hydrogen (secondary N) is 1. The summed E-state index contributed by atoms with van der Waals surface area (Å²) in [6, 6.07) is -0.523. The van der Waals surface area contributed by atoms with E-state index in [9.17, 15) is 9.90 Å². The minimum Gasteiger partial charge on any atom is -0.388 e. The zero-order valence-corrected chi connectivity index (χ0v) is 13.4. The minimum atomic E-state index is -0.890. The van der Waals surface area contributed by atoms with Crippen LogP contribution in [0.3, 0.4) is 0 Å². The van der Waals surface area contributed by atoms with Crippen LogP contribution < -0.4 is 5.32 Å². The predicted molar refractivity (Wildman–Crippen MR) is 75.0 cm³/mol. The van der Waals surface area contributed by atoms with Gasteiger partial charge >= 0.3 is 0 Å². The molecule has 0 bridgehead atoms. The molecule has 0 saturated carbocycles. The fourth-order valence-corrected chi connectivity index (χ4v) is 2.75. The number of rotatable bonds is 6. The van der Waals surface area contributed by atoms with Crippen LogP contribution in [0, 0.1) is 0 Å². The smallest absolute Gasteiger partial charge is 0.217 e. The van der Waals surface area contributed by atoms with Gasteiger partial charge in [-0.15, -0.1) is 0 Å². The highest BCUT2D eigenvalue weighted by atomic mass is 16.7. The number of ether oxygens (including phenoxy) is 5. The van der Waals surface area contributed by atoms with E-state index in [0.717, 1.165) is 0 Å². The van der Waals surface area contributed by atoms with Gasteiger partial charge in [0.2, 0.25) is 5.91 Å². The van der Waals surface area contributed by atoms with Crippen LogP contribution >= 0.6 is 0 Å². The fourth-order valence-electron chi connectivity index (χ4n) is 2.75. The lowest BCUT2D eigenvalue weighted by molar-refractivity contribution is -0.151. The molecule has 2 saturated heterocycles. The summed E-state index contributed by atoms with van der Waals surface area (Å²) in [5.41, 5.74) is 0. The number of aliphatic hydroxyl groups excluding tert-OH is 1. The monoisotopic (exact) mass is 319 g/mol.